The maximum Gasteiger partial charge on any atom is 0.277 e. The second kappa shape index (κ2) is 5.45. The highest BCUT2D eigenvalue weighted by Gasteiger charge is 2.30. The smallest absolute Gasteiger partial charge is 0.277 e. The van der Waals surface area contributed by atoms with Gasteiger partial charge in [-0.2, -0.15) is 0 Å². The third-order valence-corrected chi connectivity index (χ3v) is 4.49. The van der Waals surface area contributed by atoms with Gasteiger partial charge in [0.2, 0.25) is 0 Å². The van der Waals surface area contributed by atoms with Gasteiger partial charge in [0.05, 0.1) is 0 Å². The number of rotatable bonds is 1. The normalized spacial score (nSPS) is 21.3. The van der Waals surface area contributed by atoms with Gasteiger partial charge >= 0.3 is 0 Å². The standard InChI is InChI=1S/C15H15IN2O/c16-12-7-4-3-6-11(12)10-13-15(19)18-9-5-1-2-8-14(18)17-13/h3-4,6-7,10H,1-2,5,8-9H2/b13-10-. The molecule has 3 rings (SSSR count). The molecule has 19 heavy (non-hydrogen) atoms. The molecule has 2 heterocycles. The second-order valence-electron chi connectivity index (χ2n) is 4.85. The zero-order valence-electron chi connectivity index (χ0n) is 10.6. The van der Waals surface area contributed by atoms with E-state index in [4.69, 9.17) is 0 Å². The molecule has 0 unspecified atom stereocenters. The Morgan fingerprint density at radius 2 is 2.05 bits per heavy atom. The summed E-state index contributed by atoms with van der Waals surface area (Å²) in [7, 11) is 0. The number of nitrogens with zero attached hydrogens (tertiary/aromatic N) is 2. The zero-order valence-corrected chi connectivity index (χ0v) is 12.8. The van der Waals surface area contributed by atoms with E-state index < -0.39 is 0 Å². The minimum absolute atomic E-state index is 0.0663. The summed E-state index contributed by atoms with van der Waals surface area (Å²) >= 11 is 2.28. The molecule has 1 saturated heterocycles. The van der Waals surface area contributed by atoms with Crippen molar-refractivity contribution in [1.82, 2.24) is 4.90 Å². The Bertz CT molecular complexity index is 577. The molecule has 0 radical (unpaired) electrons. The minimum atomic E-state index is 0.0663. The number of carbonyl (C=O) groups is 1. The van der Waals surface area contributed by atoms with Crippen LogP contribution in [0.15, 0.2) is 35.0 Å². The SMILES string of the molecule is O=C1/C(=C/c2ccccc2I)N=C2CCCCCN12. The van der Waals surface area contributed by atoms with Crippen LogP contribution in [-0.2, 0) is 4.79 Å². The summed E-state index contributed by atoms with van der Waals surface area (Å²) in [6.45, 7) is 0.820. The van der Waals surface area contributed by atoms with Gasteiger partial charge in [0.1, 0.15) is 11.5 Å². The van der Waals surface area contributed by atoms with Crippen molar-refractivity contribution in [2.45, 2.75) is 25.7 Å². The molecule has 98 valence electrons. The molecule has 1 amide bonds. The molecule has 0 bridgehead atoms. The number of fused-ring (bicyclic) bond motifs is 1. The van der Waals surface area contributed by atoms with Crippen molar-refractivity contribution in [3.8, 4) is 0 Å². The van der Waals surface area contributed by atoms with Gasteiger partial charge in [-0.15, -0.1) is 0 Å². The quantitative estimate of drug-likeness (QED) is 0.554. The lowest BCUT2D eigenvalue weighted by Gasteiger charge is -2.14. The van der Waals surface area contributed by atoms with Crippen LogP contribution in [0.5, 0.6) is 0 Å². The molecule has 1 aromatic carbocycles. The third kappa shape index (κ3) is 2.59. The van der Waals surface area contributed by atoms with Crippen LogP contribution in [0.25, 0.3) is 6.08 Å². The number of hydrogen-bond acceptors (Lipinski definition) is 2. The Kier molecular flexibility index (Phi) is 3.68. The molecule has 0 atom stereocenters. The van der Waals surface area contributed by atoms with Crippen molar-refractivity contribution < 1.29 is 4.79 Å². The number of benzene rings is 1. The summed E-state index contributed by atoms with van der Waals surface area (Å²) in [6, 6.07) is 8.04. The molecule has 1 fully saturated rings. The van der Waals surface area contributed by atoms with E-state index in [0.29, 0.717) is 5.70 Å². The summed E-state index contributed by atoms with van der Waals surface area (Å²) in [4.78, 5) is 18.7. The van der Waals surface area contributed by atoms with E-state index in [1.165, 1.54) is 6.42 Å². The first-order chi connectivity index (χ1) is 9.25. The van der Waals surface area contributed by atoms with Crippen LogP contribution in [0, 0.1) is 3.57 Å². The van der Waals surface area contributed by atoms with Gasteiger partial charge < -0.3 is 0 Å². The average molecular weight is 366 g/mol. The van der Waals surface area contributed by atoms with Crippen molar-refractivity contribution in [3.05, 3.63) is 39.1 Å². The molecule has 0 aromatic heterocycles. The lowest BCUT2D eigenvalue weighted by molar-refractivity contribution is -0.122. The lowest BCUT2D eigenvalue weighted by Crippen LogP contribution is -2.31. The number of hydrogen-bond donors (Lipinski definition) is 0. The predicted molar refractivity (Wildman–Crippen MR) is 84.8 cm³/mol. The van der Waals surface area contributed by atoms with Gasteiger partial charge in [0, 0.05) is 16.5 Å². The van der Waals surface area contributed by atoms with Crippen LogP contribution in [0.1, 0.15) is 31.2 Å². The first-order valence-corrected chi connectivity index (χ1v) is 7.69. The first-order valence-electron chi connectivity index (χ1n) is 6.61. The molecule has 2 aliphatic heterocycles. The average Bonchev–Trinajstić information content (AvgIpc) is 2.60. The third-order valence-electron chi connectivity index (χ3n) is 3.50. The van der Waals surface area contributed by atoms with Crippen molar-refractivity contribution >= 4 is 40.4 Å². The highest BCUT2D eigenvalue weighted by Crippen LogP contribution is 2.25. The minimum Gasteiger partial charge on any atom is -0.295 e. The number of carbonyl (C=O) groups excluding carboxylic acids is 1. The van der Waals surface area contributed by atoms with E-state index >= 15 is 0 Å². The monoisotopic (exact) mass is 366 g/mol. The lowest BCUT2D eigenvalue weighted by atomic mass is 10.2. The maximum absolute atomic E-state index is 12.3. The van der Waals surface area contributed by atoms with E-state index in [9.17, 15) is 4.79 Å². The second-order valence-corrected chi connectivity index (χ2v) is 6.01. The summed E-state index contributed by atoms with van der Waals surface area (Å²) in [6.07, 6.45) is 6.25. The first kappa shape index (κ1) is 12.8. The highest BCUT2D eigenvalue weighted by atomic mass is 127. The number of amidine groups is 1. The van der Waals surface area contributed by atoms with Crippen molar-refractivity contribution in [1.29, 1.82) is 0 Å². The van der Waals surface area contributed by atoms with Crippen molar-refractivity contribution in [3.63, 3.8) is 0 Å². The van der Waals surface area contributed by atoms with Gasteiger partial charge in [0.25, 0.3) is 5.91 Å². The van der Waals surface area contributed by atoms with E-state index in [2.05, 4.69) is 27.6 Å². The Balaban J connectivity index is 1.94. The molecule has 0 spiro atoms. The Labute approximate surface area is 126 Å². The van der Waals surface area contributed by atoms with Crippen LogP contribution in [0.3, 0.4) is 0 Å². The summed E-state index contributed by atoms with van der Waals surface area (Å²) in [5.41, 5.74) is 1.65. The van der Waals surface area contributed by atoms with Gasteiger partial charge in [0.15, 0.2) is 0 Å². The zero-order chi connectivity index (χ0) is 13.2. The molecule has 4 heteroatoms. The number of amides is 1. The molecule has 0 N–H and O–H groups in total. The van der Waals surface area contributed by atoms with Crippen LogP contribution in [-0.4, -0.2) is 23.2 Å². The maximum atomic E-state index is 12.3. The fraction of sp³-hybridized carbons (Fsp3) is 0.333. The van der Waals surface area contributed by atoms with Crippen LogP contribution in [0.2, 0.25) is 0 Å². The van der Waals surface area contributed by atoms with Gasteiger partial charge in [-0.25, -0.2) is 4.99 Å². The molecule has 3 nitrogen and oxygen atoms in total. The molecular formula is C15H15IN2O. The van der Waals surface area contributed by atoms with Crippen LogP contribution >= 0.6 is 22.6 Å². The predicted octanol–water partition coefficient (Wildman–Crippen LogP) is 3.45. The Morgan fingerprint density at radius 1 is 1.21 bits per heavy atom. The van der Waals surface area contributed by atoms with Crippen molar-refractivity contribution in [2.75, 3.05) is 6.54 Å². The number of aliphatic imine (C=N–C) groups is 1. The van der Waals surface area contributed by atoms with E-state index in [1.54, 1.807) is 0 Å². The number of halogens is 1. The van der Waals surface area contributed by atoms with Gasteiger partial charge in [-0.05, 0) is 53.1 Å². The molecule has 0 saturated carbocycles. The molecular weight excluding hydrogens is 351 g/mol. The van der Waals surface area contributed by atoms with E-state index in [1.807, 2.05) is 35.2 Å². The largest absolute Gasteiger partial charge is 0.295 e. The fourth-order valence-electron chi connectivity index (χ4n) is 2.49. The van der Waals surface area contributed by atoms with Gasteiger partial charge in [-0.3, -0.25) is 9.69 Å². The Morgan fingerprint density at radius 3 is 2.89 bits per heavy atom. The summed E-state index contributed by atoms with van der Waals surface area (Å²) in [5.74, 6) is 1.02. The van der Waals surface area contributed by atoms with Gasteiger partial charge in [-0.1, -0.05) is 24.6 Å². The fourth-order valence-corrected chi connectivity index (χ4v) is 3.03. The van der Waals surface area contributed by atoms with Crippen LogP contribution in [0.4, 0.5) is 0 Å². The summed E-state index contributed by atoms with van der Waals surface area (Å²) in [5, 5.41) is 0. The summed E-state index contributed by atoms with van der Waals surface area (Å²) < 4.78 is 1.14. The van der Waals surface area contributed by atoms with E-state index in [0.717, 1.165) is 40.8 Å². The Hall–Kier alpha value is -1.17. The van der Waals surface area contributed by atoms with Crippen molar-refractivity contribution in [2.24, 2.45) is 4.99 Å². The van der Waals surface area contributed by atoms with E-state index in [-0.39, 0.29) is 5.91 Å². The molecule has 0 aliphatic carbocycles. The highest BCUT2D eigenvalue weighted by molar-refractivity contribution is 14.1. The van der Waals surface area contributed by atoms with Crippen LogP contribution < -0.4 is 0 Å². The molecule has 2 aliphatic rings. The molecule has 1 aromatic rings. The topological polar surface area (TPSA) is 32.7 Å².